The summed E-state index contributed by atoms with van der Waals surface area (Å²) in [5.41, 5.74) is 2.61. The molecule has 0 radical (unpaired) electrons. The Morgan fingerprint density at radius 1 is 1.24 bits per heavy atom. The molecule has 2 aromatic heterocycles. The standard InChI is InChI=1S/C19H16F2N4O4/c1-27-14-4-2-3-12(7-14)11-28-25-18(26)16-10-22-9-15(24-16)13-5-6-17(23-8-13)29-19(20)21/h2-10,19H,11H2,1H3,(H,25,26)/i11D2. The van der Waals surface area contributed by atoms with E-state index in [2.05, 4.69) is 19.7 Å². The van der Waals surface area contributed by atoms with Crippen molar-refractivity contribution in [2.75, 3.05) is 7.11 Å². The number of rotatable bonds is 8. The molecule has 1 aromatic carbocycles. The van der Waals surface area contributed by atoms with Crippen LogP contribution in [0.5, 0.6) is 11.6 Å². The van der Waals surface area contributed by atoms with E-state index in [1.165, 1.54) is 43.8 Å². The number of pyridine rings is 1. The van der Waals surface area contributed by atoms with E-state index in [-0.39, 0.29) is 22.8 Å². The third kappa shape index (κ3) is 5.66. The number of carbonyl (C=O) groups excluding carboxylic acids is 1. The van der Waals surface area contributed by atoms with Gasteiger partial charge >= 0.3 is 6.61 Å². The van der Waals surface area contributed by atoms with Crippen LogP contribution in [-0.4, -0.2) is 34.6 Å². The van der Waals surface area contributed by atoms with Crippen LogP contribution in [-0.2, 0) is 11.4 Å². The lowest BCUT2D eigenvalue weighted by Crippen LogP contribution is -2.24. The molecule has 0 fully saturated rings. The lowest BCUT2D eigenvalue weighted by Gasteiger charge is -2.08. The summed E-state index contributed by atoms with van der Waals surface area (Å²) < 4.78 is 49.7. The Morgan fingerprint density at radius 3 is 2.83 bits per heavy atom. The van der Waals surface area contributed by atoms with Gasteiger partial charge in [0.1, 0.15) is 11.4 Å². The molecule has 0 bridgehead atoms. The van der Waals surface area contributed by atoms with Crippen LogP contribution in [0.15, 0.2) is 55.0 Å². The zero-order valence-electron chi connectivity index (χ0n) is 17.0. The number of nitrogens with one attached hydrogen (secondary N) is 1. The van der Waals surface area contributed by atoms with E-state index in [1.54, 1.807) is 12.1 Å². The average Bonchev–Trinajstić information content (AvgIpc) is 2.78. The fraction of sp³-hybridized carbons (Fsp3) is 0.158. The predicted octanol–water partition coefficient (Wildman–Crippen LogP) is 3.01. The number of carbonyl (C=O) groups is 1. The molecule has 1 N–H and O–H groups in total. The highest BCUT2D eigenvalue weighted by Crippen LogP contribution is 2.19. The van der Waals surface area contributed by atoms with Gasteiger partial charge in [-0.05, 0) is 23.8 Å². The quantitative estimate of drug-likeness (QED) is 0.577. The maximum absolute atomic E-state index is 12.4. The van der Waals surface area contributed by atoms with Crippen LogP contribution in [0.3, 0.4) is 0 Å². The van der Waals surface area contributed by atoms with Crippen molar-refractivity contribution in [2.45, 2.75) is 13.2 Å². The number of amides is 1. The molecule has 150 valence electrons. The van der Waals surface area contributed by atoms with Crippen LogP contribution < -0.4 is 15.0 Å². The van der Waals surface area contributed by atoms with E-state index >= 15 is 0 Å². The normalized spacial score (nSPS) is 12.1. The van der Waals surface area contributed by atoms with Gasteiger partial charge in [-0.15, -0.1) is 0 Å². The van der Waals surface area contributed by atoms with Crippen molar-refractivity contribution in [3.63, 3.8) is 0 Å². The van der Waals surface area contributed by atoms with Crippen molar-refractivity contribution in [1.82, 2.24) is 20.4 Å². The molecular weight excluding hydrogens is 386 g/mol. The highest BCUT2D eigenvalue weighted by Gasteiger charge is 2.11. The van der Waals surface area contributed by atoms with Crippen molar-refractivity contribution in [2.24, 2.45) is 0 Å². The fourth-order valence-electron chi connectivity index (χ4n) is 2.18. The van der Waals surface area contributed by atoms with E-state index in [0.717, 1.165) is 6.20 Å². The Balaban J connectivity index is 1.69. The minimum Gasteiger partial charge on any atom is -0.497 e. The summed E-state index contributed by atoms with van der Waals surface area (Å²) in [6, 6.07) is 8.78. The Bertz CT molecular complexity index is 1060. The van der Waals surface area contributed by atoms with Gasteiger partial charge in [-0.3, -0.25) is 14.6 Å². The van der Waals surface area contributed by atoms with Gasteiger partial charge in [0.25, 0.3) is 5.91 Å². The SMILES string of the molecule is [2H]C([2H])(ONC(=O)c1cncc(-c2ccc(OC(F)F)nc2)n1)c1cccc(OC)c1. The number of aromatic nitrogens is 3. The number of hydrogen-bond acceptors (Lipinski definition) is 7. The van der Waals surface area contributed by atoms with E-state index < -0.39 is 19.1 Å². The molecule has 0 atom stereocenters. The van der Waals surface area contributed by atoms with Gasteiger partial charge in [-0.25, -0.2) is 15.4 Å². The molecule has 8 nitrogen and oxygen atoms in total. The first-order valence-electron chi connectivity index (χ1n) is 9.14. The fourth-order valence-corrected chi connectivity index (χ4v) is 2.18. The van der Waals surface area contributed by atoms with Gasteiger partial charge in [-0.1, -0.05) is 12.1 Å². The molecule has 0 aliphatic rings. The molecule has 0 aliphatic heterocycles. The lowest BCUT2D eigenvalue weighted by atomic mass is 10.2. The summed E-state index contributed by atoms with van der Waals surface area (Å²) in [5.74, 6) is -0.686. The van der Waals surface area contributed by atoms with Crippen molar-refractivity contribution < 1.29 is 30.6 Å². The van der Waals surface area contributed by atoms with Gasteiger partial charge in [0.05, 0.1) is 34.5 Å². The smallest absolute Gasteiger partial charge is 0.388 e. The van der Waals surface area contributed by atoms with Crippen LogP contribution in [0.1, 0.15) is 18.8 Å². The first-order chi connectivity index (χ1) is 14.8. The highest BCUT2D eigenvalue weighted by molar-refractivity contribution is 5.91. The average molecular weight is 404 g/mol. The van der Waals surface area contributed by atoms with Crippen LogP contribution in [0.4, 0.5) is 8.78 Å². The number of nitrogens with zero attached hydrogens (tertiary/aromatic N) is 3. The number of ether oxygens (including phenoxy) is 2. The maximum Gasteiger partial charge on any atom is 0.388 e. The van der Waals surface area contributed by atoms with Crippen molar-refractivity contribution in [3.05, 3.63) is 66.2 Å². The van der Waals surface area contributed by atoms with Gasteiger partial charge in [0, 0.05) is 17.8 Å². The van der Waals surface area contributed by atoms with Crippen molar-refractivity contribution in [3.8, 4) is 22.9 Å². The number of hydrogen-bond donors (Lipinski definition) is 1. The molecule has 29 heavy (non-hydrogen) atoms. The molecule has 2 heterocycles. The van der Waals surface area contributed by atoms with Crippen LogP contribution in [0.25, 0.3) is 11.3 Å². The van der Waals surface area contributed by atoms with Crippen LogP contribution in [0, 0.1) is 0 Å². The summed E-state index contributed by atoms with van der Waals surface area (Å²) in [7, 11) is 1.44. The minimum atomic E-state index is -3.00. The molecular formula is C19H16F2N4O4. The second-order valence-electron chi connectivity index (χ2n) is 5.42. The Kier molecular flexibility index (Phi) is 5.72. The topological polar surface area (TPSA) is 95.5 Å². The Hall–Kier alpha value is -3.66. The molecule has 3 rings (SSSR count). The van der Waals surface area contributed by atoms with Gasteiger partial charge in [-0.2, -0.15) is 8.78 Å². The largest absolute Gasteiger partial charge is 0.497 e. The van der Waals surface area contributed by atoms with Crippen molar-refractivity contribution in [1.29, 1.82) is 0 Å². The molecule has 3 aromatic rings. The molecule has 0 saturated heterocycles. The first-order valence-corrected chi connectivity index (χ1v) is 8.14. The summed E-state index contributed by atoms with van der Waals surface area (Å²) >= 11 is 0. The third-order valence-corrected chi connectivity index (χ3v) is 3.49. The number of halogens is 2. The third-order valence-electron chi connectivity index (χ3n) is 3.49. The van der Waals surface area contributed by atoms with E-state index in [1.807, 2.05) is 5.48 Å². The maximum atomic E-state index is 12.4. The molecule has 0 spiro atoms. The summed E-state index contributed by atoms with van der Waals surface area (Å²) in [4.78, 5) is 29.0. The molecule has 1 amide bonds. The molecule has 0 aliphatic carbocycles. The molecule has 10 heteroatoms. The number of hydroxylamine groups is 1. The zero-order chi connectivity index (χ0) is 22.4. The summed E-state index contributed by atoms with van der Waals surface area (Å²) in [6.45, 7) is -5.34. The number of alkyl halides is 2. The number of methoxy groups -OCH3 is 1. The predicted molar refractivity (Wildman–Crippen MR) is 97.1 cm³/mol. The lowest BCUT2D eigenvalue weighted by molar-refractivity contribution is -0.0528. The van der Waals surface area contributed by atoms with Crippen LogP contribution >= 0.6 is 0 Å². The molecule has 0 saturated carbocycles. The van der Waals surface area contributed by atoms with Gasteiger partial charge in [0.2, 0.25) is 5.88 Å². The second-order valence-corrected chi connectivity index (χ2v) is 5.42. The second kappa shape index (κ2) is 9.51. The Labute approximate surface area is 167 Å². The minimum absolute atomic E-state index is 0.129. The summed E-state index contributed by atoms with van der Waals surface area (Å²) in [6.07, 6.45) is 3.74. The van der Waals surface area contributed by atoms with Crippen molar-refractivity contribution >= 4 is 5.91 Å². The van der Waals surface area contributed by atoms with Gasteiger partial charge in [0.15, 0.2) is 0 Å². The van der Waals surface area contributed by atoms with E-state index in [4.69, 9.17) is 12.3 Å². The Morgan fingerprint density at radius 2 is 2.10 bits per heavy atom. The van der Waals surface area contributed by atoms with Crippen LogP contribution in [0.2, 0.25) is 0 Å². The zero-order valence-corrected chi connectivity index (χ0v) is 15.0. The van der Waals surface area contributed by atoms with Gasteiger partial charge < -0.3 is 9.47 Å². The molecule has 0 unspecified atom stereocenters. The first kappa shape index (κ1) is 17.4. The summed E-state index contributed by atoms with van der Waals surface area (Å²) in [5, 5.41) is 0. The monoisotopic (exact) mass is 404 g/mol. The van der Waals surface area contributed by atoms with E-state index in [9.17, 15) is 13.6 Å². The van der Waals surface area contributed by atoms with E-state index in [0.29, 0.717) is 11.3 Å². The highest BCUT2D eigenvalue weighted by atomic mass is 19.3. The number of benzene rings is 1.